The van der Waals surface area contributed by atoms with Crippen molar-refractivity contribution in [2.45, 2.75) is 59.4 Å². The Morgan fingerprint density at radius 1 is 1.00 bits per heavy atom. The van der Waals surface area contributed by atoms with Gasteiger partial charge in [-0.2, -0.15) is 0 Å². The first-order valence-corrected chi connectivity index (χ1v) is 8.71. The number of carbonyl (C=O) groups excluding carboxylic acids is 1. The second kappa shape index (κ2) is 7.21. The molecule has 0 saturated heterocycles. The highest BCUT2D eigenvalue weighted by molar-refractivity contribution is 5.94. The highest BCUT2D eigenvalue weighted by atomic mass is 16.1. The number of nitrogens with one attached hydrogen (secondary N) is 1. The van der Waals surface area contributed by atoms with Gasteiger partial charge in [-0.25, -0.2) is 0 Å². The lowest BCUT2D eigenvalue weighted by Gasteiger charge is -2.20. The van der Waals surface area contributed by atoms with Crippen LogP contribution in [-0.4, -0.2) is 5.91 Å². The van der Waals surface area contributed by atoms with E-state index < -0.39 is 0 Å². The molecule has 0 aromatic heterocycles. The monoisotopic (exact) mass is 323 g/mol. The Hall–Kier alpha value is -2.09. The van der Waals surface area contributed by atoms with E-state index in [0.717, 1.165) is 6.42 Å². The fraction of sp³-hybridized carbons (Fsp3) is 0.409. The number of benzene rings is 2. The Morgan fingerprint density at radius 2 is 1.62 bits per heavy atom. The van der Waals surface area contributed by atoms with Gasteiger partial charge in [0.1, 0.15) is 0 Å². The van der Waals surface area contributed by atoms with Crippen LogP contribution < -0.4 is 5.32 Å². The molecule has 0 aliphatic heterocycles. The second-order valence-electron chi connectivity index (χ2n) is 7.61. The minimum absolute atomic E-state index is 0.0134. The minimum atomic E-state index is -0.0134. The van der Waals surface area contributed by atoms with Crippen LogP contribution in [0.1, 0.15) is 72.8 Å². The average Bonchev–Trinajstić information content (AvgIpc) is 2.54. The van der Waals surface area contributed by atoms with E-state index in [9.17, 15) is 4.79 Å². The first kappa shape index (κ1) is 18.3. The smallest absolute Gasteiger partial charge is 0.251 e. The summed E-state index contributed by atoms with van der Waals surface area (Å²) in [7, 11) is 0. The molecule has 2 heteroatoms. The molecule has 2 aromatic carbocycles. The van der Waals surface area contributed by atoms with Gasteiger partial charge < -0.3 is 5.32 Å². The van der Waals surface area contributed by atoms with Crippen molar-refractivity contribution in [3.63, 3.8) is 0 Å². The predicted octanol–water partition coefficient (Wildman–Crippen LogP) is 5.48. The number of carbonyl (C=O) groups is 1. The van der Waals surface area contributed by atoms with Gasteiger partial charge in [-0.05, 0) is 60.1 Å². The summed E-state index contributed by atoms with van der Waals surface area (Å²) < 4.78 is 0. The number of rotatable bonds is 4. The normalized spacial score (nSPS) is 12.8. The zero-order valence-electron chi connectivity index (χ0n) is 15.7. The van der Waals surface area contributed by atoms with Crippen molar-refractivity contribution < 1.29 is 4.79 Å². The van der Waals surface area contributed by atoms with Gasteiger partial charge in [-0.15, -0.1) is 0 Å². The summed E-state index contributed by atoms with van der Waals surface area (Å²) in [6, 6.07) is 14.4. The van der Waals surface area contributed by atoms with E-state index in [4.69, 9.17) is 0 Å². The summed E-state index contributed by atoms with van der Waals surface area (Å²) in [5.74, 6) is -0.0134. The van der Waals surface area contributed by atoms with Crippen LogP contribution in [0, 0.1) is 13.8 Å². The molecule has 1 amide bonds. The van der Waals surface area contributed by atoms with Crippen molar-refractivity contribution in [2.75, 3.05) is 0 Å². The molecule has 2 rings (SSSR count). The standard InChI is InChI=1S/C22H29NO/c1-7-20(18-9-8-15(2)16(3)14-18)23-21(24)17-10-12-19(13-11-17)22(4,5)6/h8-14,20H,7H2,1-6H3,(H,23,24). The van der Waals surface area contributed by atoms with Crippen LogP contribution in [0.3, 0.4) is 0 Å². The molecule has 0 heterocycles. The van der Waals surface area contributed by atoms with Gasteiger partial charge in [0.25, 0.3) is 5.91 Å². The molecule has 0 spiro atoms. The molecular formula is C22H29NO. The van der Waals surface area contributed by atoms with Crippen molar-refractivity contribution in [3.05, 3.63) is 70.3 Å². The van der Waals surface area contributed by atoms with Crippen molar-refractivity contribution in [1.82, 2.24) is 5.32 Å². The second-order valence-corrected chi connectivity index (χ2v) is 7.61. The molecule has 1 atom stereocenters. The molecule has 2 aromatic rings. The predicted molar refractivity (Wildman–Crippen MR) is 102 cm³/mol. The first-order chi connectivity index (χ1) is 11.2. The zero-order valence-corrected chi connectivity index (χ0v) is 15.7. The first-order valence-electron chi connectivity index (χ1n) is 8.71. The lowest BCUT2D eigenvalue weighted by molar-refractivity contribution is 0.0935. The van der Waals surface area contributed by atoms with E-state index in [1.807, 2.05) is 24.3 Å². The van der Waals surface area contributed by atoms with Crippen molar-refractivity contribution in [3.8, 4) is 0 Å². The van der Waals surface area contributed by atoms with E-state index in [1.54, 1.807) is 0 Å². The van der Waals surface area contributed by atoms with Gasteiger partial charge in [-0.1, -0.05) is 58.0 Å². The van der Waals surface area contributed by atoms with Gasteiger partial charge >= 0.3 is 0 Å². The summed E-state index contributed by atoms with van der Waals surface area (Å²) in [6.45, 7) is 12.8. The molecule has 0 aliphatic carbocycles. The van der Waals surface area contributed by atoms with Crippen molar-refractivity contribution in [2.24, 2.45) is 0 Å². The lowest BCUT2D eigenvalue weighted by atomic mass is 9.86. The maximum atomic E-state index is 12.6. The van der Waals surface area contributed by atoms with Gasteiger partial charge in [0.05, 0.1) is 6.04 Å². The van der Waals surface area contributed by atoms with Crippen LogP contribution in [-0.2, 0) is 5.41 Å². The Labute approximate surface area is 146 Å². The Kier molecular flexibility index (Phi) is 5.48. The molecule has 0 fully saturated rings. The molecule has 128 valence electrons. The fourth-order valence-electron chi connectivity index (χ4n) is 2.77. The van der Waals surface area contributed by atoms with E-state index >= 15 is 0 Å². The number of aryl methyl sites for hydroxylation is 2. The highest BCUT2D eigenvalue weighted by Crippen LogP contribution is 2.23. The molecular weight excluding hydrogens is 294 g/mol. The minimum Gasteiger partial charge on any atom is -0.345 e. The SMILES string of the molecule is CCC(NC(=O)c1ccc(C(C)(C)C)cc1)c1ccc(C)c(C)c1. The Balaban J connectivity index is 2.15. The van der Waals surface area contributed by atoms with Gasteiger partial charge in [-0.3, -0.25) is 4.79 Å². The number of hydrogen-bond acceptors (Lipinski definition) is 1. The Bertz CT molecular complexity index is 708. The lowest BCUT2D eigenvalue weighted by Crippen LogP contribution is -2.28. The third kappa shape index (κ3) is 4.25. The van der Waals surface area contributed by atoms with Crippen LogP contribution >= 0.6 is 0 Å². The number of hydrogen-bond donors (Lipinski definition) is 1. The topological polar surface area (TPSA) is 29.1 Å². The summed E-state index contributed by atoms with van der Waals surface area (Å²) in [6.07, 6.45) is 0.869. The third-order valence-corrected chi connectivity index (χ3v) is 4.66. The maximum absolute atomic E-state index is 12.6. The molecule has 0 bridgehead atoms. The van der Waals surface area contributed by atoms with Crippen molar-refractivity contribution in [1.29, 1.82) is 0 Å². The third-order valence-electron chi connectivity index (χ3n) is 4.66. The molecule has 1 unspecified atom stereocenters. The summed E-state index contributed by atoms with van der Waals surface area (Å²) in [5.41, 5.74) is 5.75. The van der Waals surface area contributed by atoms with E-state index in [0.29, 0.717) is 5.56 Å². The number of amides is 1. The summed E-state index contributed by atoms with van der Waals surface area (Å²) >= 11 is 0. The average molecular weight is 323 g/mol. The van der Waals surface area contributed by atoms with E-state index in [-0.39, 0.29) is 17.4 Å². The molecule has 0 radical (unpaired) electrons. The van der Waals surface area contributed by atoms with E-state index in [2.05, 4.69) is 65.1 Å². The molecule has 24 heavy (non-hydrogen) atoms. The molecule has 0 aliphatic rings. The summed E-state index contributed by atoms with van der Waals surface area (Å²) in [5, 5.41) is 3.17. The largest absolute Gasteiger partial charge is 0.345 e. The van der Waals surface area contributed by atoms with Crippen LogP contribution in [0.15, 0.2) is 42.5 Å². The van der Waals surface area contributed by atoms with Crippen molar-refractivity contribution >= 4 is 5.91 Å². The van der Waals surface area contributed by atoms with Crippen LogP contribution in [0.5, 0.6) is 0 Å². The van der Waals surface area contributed by atoms with Crippen LogP contribution in [0.2, 0.25) is 0 Å². The highest BCUT2D eigenvalue weighted by Gasteiger charge is 2.17. The molecule has 2 nitrogen and oxygen atoms in total. The van der Waals surface area contributed by atoms with E-state index in [1.165, 1.54) is 22.3 Å². The van der Waals surface area contributed by atoms with Gasteiger partial charge in [0.15, 0.2) is 0 Å². The molecule has 0 saturated carbocycles. The Morgan fingerprint density at radius 3 is 2.12 bits per heavy atom. The van der Waals surface area contributed by atoms with Crippen LogP contribution in [0.4, 0.5) is 0 Å². The maximum Gasteiger partial charge on any atom is 0.251 e. The van der Waals surface area contributed by atoms with Gasteiger partial charge in [0, 0.05) is 5.56 Å². The quantitative estimate of drug-likeness (QED) is 0.793. The zero-order chi connectivity index (χ0) is 17.9. The van der Waals surface area contributed by atoms with Crippen LogP contribution in [0.25, 0.3) is 0 Å². The summed E-state index contributed by atoms with van der Waals surface area (Å²) in [4.78, 5) is 12.6. The fourth-order valence-corrected chi connectivity index (χ4v) is 2.77. The molecule has 1 N–H and O–H groups in total. The van der Waals surface area contributed by atoms with Gasteiger partial charge in [0.2, 0.25) is 0 Å².